The van der Waals surface area contributed by atoms with Gasteiger partial charge < -0.3 is 9.88 Å². The number of carbonyl (C=O) groups is 1. The van der Waals surface area contributed by atoms with Crippen molar-refractivity contribution in [2.45, 2.75) is 6.54 Å². The van der Waals surface area contributed by atoms with Crippen LogP contribution in [0.3, 0.4) is 0 Å². The Morgan fingerprint density at radius 1 is 1.14 bits per heavy atom. The van der Waals surface area contributed by atoms with Gasteiger partial charge in [0.15, 0.2) is 0 Å². The summed E-state index contributed by atoms with van der Waals surface area (Å²) in [6.07, 6.45) is 1.93. The fraction of sp³-hybridized carbons (Fsp3) is 0.118. The molecule has 3 nitrogen and oxygen atoms in total. The van der Waals surface area contributed by atoms with Gasteiger partial charge in [-0.05, 0) is 35.9 Å². The Bertz CT molecular complexity index is 790. The van der Waals surface area contributed by atoms with Gasteiger partial charge >= 0.3 is 0 Å². The Hall–Kier alpha value is -2.62. The summed E-state index contributed by atoms with van der Waals surface area (Å²) < 4.78 is 14.8. The second-order valence-corrected chi connectivity index (χ2v) is 4.97. The molecule has 0 aliphatic carbocycles. The number of carbonyl (C=O) groups excluding carboxylic acids is 1. The van der Waals surface area contributed by atoms with Crippen molar-refractivity contribution >= 4 is 16.8 Å². The smallest absolute Gasteiger partial charge is 0.252 e. The predicted molar refractivity (Wildman–Crippen MR) is 80.5 cm³/mol. The normalized spacial score (nSPS) is 10.8. The molecule has 3 rings (SSSR count). The number of aromatic nitrogens is 1. The Morgan fingerprint density at radius 2 is 1.90 bits per heavy atom. The number of aryl methyl sites for hydroxylation is 1. The fourth-order valence-electron chi connectivity index (χ4n) is 2.38. The number of nitrogens with zero attached hydrogens (tertiary/aromatic N) is 1. The molecule has 0 bridgehead atoms. The van der Waals surface area contributed by atoms with Crippen LogP contribution in [0.25, 0.3) is 10.9 Å². The highest BCUT2D eigenvalue weighted by Crippen LogP contribution is 2.19. The van der Waals surface area contributed by atoms with Crippen LogP contribution in [0.2, 0.25) is 0 Å². The number of hydrogen-bond acceptors (Lipinski definition) is 1. The van der Waals surface area contributed by atoms with Crippen LogP contribution in [0.15, 0.2) is 54.7 Å². The van der Waals surface area contributed by atoms with Gasteiger partial charge in [-0.3, -0.25) is 4.79 Å². The molecule has 21 heavy (non-hydrogen) atoms. The van der Waals surface area contributed by atoms with Gasteiger partial charge in [0.05, 0.1) is 0 Å². The summed E-state index contributed by atoms with van der Waals surface area (Å²) in [5.41, 5.74) is 2.53. The second-order valence-electron chi connectivity index (χ2n) is 4.97. The number of fused-ring (bicyclic) bond motifs is 1. The van der Waals surface area contributed by atoms with E-state index in [-0.39, 0.29) is 11.7 Å². The maximum Gasteiger partial charge on any atom is 0.252 e. The lowest BCUT2D eigenvalue weighted by atomic mass is 10.1. The van der Waals surface area contributed by atoms with Gasteiger partial charge in [0, 0.05) is 36.3 Å². The van der Waals surface area contributed by atoms with Crippen LogP contribution in [-0.4, -0.2) is 10.5 Å². The average Bonchev–Trinajstić information content (AvgIpc) is 2.88. The third-order valence-electron chi connectivity index (χ3n) is 3.54. The Kier molecular flexibility index (Phi) is 3.44. The quantitative estimate of drug-likeness (QED) is 0.786. The Balaban J connectivity index is 1.79. The van der Waals surface area contributed by atoms with E-state index in [0.717, 1.165) is 16.5 Å². The van der Waals surface area contributed by atoms with Gasteiger partial charge in [0.1, 0.15) is 5.82 Å². The van der Waals surface area contributed by atoms with Crippen LogP contribution in [-0.2, 0) is 13.6 Å². The average molecular weight is 282 g/mol. The van der Waals surface area contributed by atoms with E-state index in [1.54, 1.807) is 12.1 Å². The molecule has 1 aromatic heterocycles. The molecular weight excluding hydrogens is 267 g/mol. The van der Waals surface area contributed by atoms with Crippen molar-refractivity contribution in [1.82, 2.24) is 9.88 Å². The summed E-state index contributed by atoms with van der Waals surface area (Å²) in [7, 11) is 1.95. The van der Waals surface area contributed by atoms with E-state index < -0.39 is 0 Å². The number of halogens is 1. The topological polar surface area (TPSA) is 34.0 Å². The lowest BCUT2D eigenvalue weighted by Crippen LogP contribution is -2.22. The van der Waals surface area contributed by atoms with Crippen molar-refractivity contribution in [3.05, 3.63) is 71.7 Å². The third kappa shape index (κ3) is 2.65. The van der Waals surface area contributed by atoms with Gasteiger partial charge in [-0.1, -0.05) is 18.2 Å². The van der Waals surface area contributed by atoms with E-state index in [2.05, 4.69) is 5.32 Å². The zero-order valence-corrected chi connectivity index (χ0v) is 11.6. The monoisotopic (exact) mass is 282 g/mol. The maximum absolute atomic E-state index is 12.8. The summed E-state index contributed by atoms with van der Waals surface area (Å²) in [6.45, 7) is 0.377. The molecule has 1 amide bonds. The first-order chi connectivity index (χ1) is 10.1. The summed E-state index contributed by atoms with van der Waals surface area (Å²) in [6, 6.07) is 13.7. The summed E-state index contributed by atoms with van der Waals surface area (Å²) in [5, 5.41) is 3.79. The molecule has 1 heterocycles. The SMILES string of the molecule is Cn1ccc2c(C(=O)NCc3ccc(F)cc3)cccc21. The van der Waals surface area contributed by atoms with Crippen LogP contribution in [0.1, 0.15) is 15.9 Å². The Morgan fingerprint density at radius 3 is 2.67 bits per heavy atom. The highest BCUT2D eigenvalue weighted by molar-refractivity contribution is 6.06. The zero-order chi connectivity index (χ0) is 14.8. The molecule has 0 aliphatic heterocycles. The minimum Gasteiger partial charge on any atom is -0.351 e. The molecule has 0 atom stereocenters. The van der Waals surface area contributed by atoms with E-state index in [4.69, 9.17) is 0 Å². The van der Waals surface area contributed by atoms with Crippen molar-refractivity contribution in [2.24, 2.45) is 7.05 Å². The first kappa shape index (κ1) is 13.4. The van der Waals surface area contributed by atoms with Crippen LogP contribution < -0.4 is 5.32 Å². The molecule has 0 fully saturated rings. The summed E-state index contributed by atoms with van der Waals surface area (Å²) >= 11 is 0. The molecule has 0 radical (unpaired) electrons. The number of rotatable bonds is 3. The molecule has 0 spiro atoms. The molecule has 0 saturated heterocycles. The second kappa shape index (κ2) is 5.40. The molecule has 2 aromatic carbocycles. The molecule has 0 unspecified atom stereocenters. The van der Waals surface area contributed by atoms with Crippen molar-refractivity contribution in [3.8, 4) is 0 Å². The van der Waals surface area contributed by atoms with Crippen molar-refractivity contribution in [1.29, 1.82) is 0 Å². The fourth-order valence-corrected chi connectivity index (χ4v) is 2.38. The minimum absolute atomic E-state index is 0.129. The molecule has 3 aromatic rings. The number of benzene rings is 2. The number of amides is 1. The van der Waals surface area contributed by atoms with Crippen LogP contribution in [0.4, 0.5) is 4.39 Å². The molecular formula is C17H15FN2O. The van der Waals surface area contributed by atoms with Gasteiger partial charge in [0.2, 0.25) is 0 Å². The largest absolute Gasteiger partial charge is 0.351 e. The van der Waals surface area contributed by atoms with E-state index in [9.17, 15) is 9.18 Å². The van der Waals surface area contributed by atoms with Gasteiger partial charge in [-0.25, -0.2) is 4.39 Å². The molecule has 4 heteroatoms. The molecule has 1 N–H and O–H groups in total. The molecule has 106 valence electrons. The number of nitrogens with one attached hydrogen (secondary N) is 1. The zero-order valence-electron chi connectivity index (χ0n) is 11.6. The predicted octanol–water partition coefficient (Wildman–Crippen LogP) is 3.25. The standard InChI is InChI=1S/C17H15FN2O/c1-20-10-9-14-15(3-2-4-16(14)20)17(21)19-11-12-5-7-13(18)8-6-12/h2-10H,11H2,1H3,(H,19,21). The van der Waals surface area contributed by atoms with E-state index in [1.807, 2.05) is 42.1 Å². The maximum atomic E-state index is 12.8. The minimum atomic E-state index is -0.279. The van der Waals surface area contributed by atoms with Crippen molar-refractivity contribution in [2.75, 3.05) is 0 Å². The van der Waals surface area contributed by atoms with Crippen molar-refractivity contribution in [3.63, 3.8) is 0 Å². The van der Waals surface area contributed by atoms with E-state index in [1.165, 1.54) is 12.1 Å². The van der Waals surface area contributed by atoms with Gasteiger partial charge in [-0.15, -0.1) is 0 Å². The Labute approximate surface area is 122 Å². The third-order valence-corrected chi connectivity index (χ3v) is 3.54. The van der Waals surface area contributed by atoms with E-state index >= 15 is 0 Å². The summed E-state index contributed by atoms with van der Waals surface area (Å²) in [4.78, 5) is 12.3. The number of hydrogen-bond donors (Lipinski definition) is 1. The first-order valence-electron chi connectivity index (χ1n) is 6.72. The van der Waals surface area contributed by atoms with Crippen LogP contribution >= 0.6 is 0 Å². The van der Waals surface area contributed by atoms with Gasteiger partial charge in [-0.2, -0.15) is 0 Å². The first-order valence-corrected chi connectivity index (χ1v) is 6.72. The summed E-state index contributed by atoms with van der Waals surface area (Å²) in [5.74, 6) is -0.407. The van der Waals surface area contributed by atoms with Gasteiger partial charge in [0.25, 0.3) is 5.91 Å². The highest BCUT2D eigenvalue weighted by atomic mass is 19.1. The van der Waals surface area contributed by atoms with Crippen molar-refractivity contribution < 1.29 is 9.18 Å². The molecule has 0 saturated carbocycles. The van der Waals surface area contributed by atoms with E-state index in [0.29, 0.717) is 12.1 Å². The van der Waals surface area contributed by atoms with Crippen LogP contribution in [0.5, 0.6) is 0 Å². The molecule has 0 aliphatic rings. The lowest BCUT2D eigenvalue weighted by Gasteiger charge is -2.07. The lowest BCUT2D eigenvalue weighted by molar-refractivity contribution is 0.0952. The van der Waals surface area contributed by atoms with Crippen LogP contribution in [0, 0.1) is 5.82 Å². The highest BCUT2D eigenvalue weighted by Gasteiger charge is 2.11.